The van der Waals surface area contributed by atoms with E-state index in [1.165, 1.54) is 40.1 Å². The molecule has 0 saturated carbocycles. The molecule has 0 atom stereocenters. The van der Waals surface area contributed by atoms with Crippen molar-refractivity contribution in [3.05, 3.63) is 64.3 Å². The highest BCUT2D eigenvalue weighted by molar-refractivity contribution is 7.19. The molecule has 1 aromatic carbocycles. The number of carbonyl (C=O) groups is 1. The summed E-state index contributed by atoms with van der Waals surface area (Å²) in [6.45, 7) is 2.87. The van der Waals surface area contributed by atoms with Crippen LogP contribution in [0.15, 0.2) is 42.6 Å². The largest absolute Gasteiger partial charge is 0.505 e. The van der Waals surface area contributed by atoms with Gasteiger partial charge in [0.1, 0.15) is 10.6 Å². The Kier molecular flexibility index (Phi) is 5.45. The lowest BCUT2D eigenvalue weighted by Gasteiger charge is -2.10. The molecule has 0 bridgehead atoms. The zero-order chi connectivity index (χ0) is 22.1. The molecule has 1 aliphatic rings. The number of thiophene rings is 1. The van der Waals surface area contributed by atoms with Crippen molar-refractivity contribution in [3.63, 3.8) is 0 Å². The maximum atomic E-state index is 12.2. The first-order valence-electron chi connectivity index (χ1n) is 10.7. The molecule has 32 heavy (non-hydrogen) atoms. The van der Waals surface area contributed by atoms with E-state index in [2.05, 4.69) is 46.8 Å². The minimum Gasteiger partial charge on any atom is -0.505 e. The molecule has 3 heterocycles. The first-order chi connectivity index (χ1) is 15.6. The van der Waals surface area contributed by atoms with Gasteiger partial charge in [0.2, 0.25) is 5.95 Å². The Morgan fingerprint density at radius 3 is 2.78 bits per heavy atom. The summed E-state index contributed by atoms with van der Waals surface area (Å²) in [6, 6.07) is 11.4. The quantitative estimate of drug-likeness (QED) is 0.387. The van der Waals surface area contributed by atoms with Gasteiger partial charge in [-0.3, -0.25) is 4.79 Å². The average Bonchev–Trinajstić information content (AvgIpc) is 3.38. The van der Waals surface area contributed by atoms with Crippen molar-refractivity contribution in [1.82, 2.24) is 20.3 Å². The second-order valence-corrected chi connectivity index (χ2v) is 8.94. The summed E-state index contributed by atoms with van der Waals surface area (Å²) < 4.78 is 0. The Morgan fingerprint density at radius 1 is 1.12 bits per heavy atom. The molecule has 3 aromatic heterocycles. The van der Waals surface area contributed by atoms with Crippen molar-refractivity contribution in [2.24, 2.45) is 0 Å². The number of carbonyl (C=O) groups excluding carboxylic acids is 1. The number of fused-ring (bicyclic) bond motifs is 3. The predicted molar refractivity (Wildman–Crippen MR) is 126 cm³/mol. The maximum absolute atomic E-state index is 12.2. The van der Waals surface area contributed by atoms with Gasteiger partial charge >= 0.3 is 0 Å². The molecule has 0 fully saturated rings. The van der Waals surface area contributed by atoms with E-state index >= 15 is 0 Å². The molecule has 1 aliphatic carbocycles. The Bertz CT molecular complexity index is 1300. The van der Waals surface area contributed by atoms with Crippen LogP contribution in [0.25, 0.3) is 21.5 Å². The van der Waals surface area contributed by atoms with Crippen molar-refractivity contribution in [2.45, 2.75) is 26.2 Å². The number of nitrogens with zero attached hydrogens (tertiary/aromatic N) is 3. The van der Waals surface area contributed by atoms with Gasteiger partial charge in [-0.15, -0.1) is 11.3 Å². The van der Waals surface area contributed by atoms with Gasteiger partial charge in [0.05, 0.1) is 5.69 Å². The highest BCUT2D eigenvalue weighted by atomic mass is 32.1. The van der Waals surface area contributed by atoms with Crippen LogP contribution in [0.3, 0.4) is 0 Å². The summed E-state index contributed by atoms with van der Waals surface area (Å²) in [7, 11) is 0. The van der Waals surface area contributed by atoms with Crippen molar-refractivity contribution in [2.75, 3.05) is 18.4 Å². The van der Waals surface area contributed by atoms with Gasteiger partial charge in [0, 0.05) is 35.1 Å². The third-order valence-electron chi connectivity index (χ3n) is 5.58. The molecule has 0 spiro atoms. The molecule has 7 nitrogen and oxygen atoms in total. The predicted octanol–water partition coefficient (Wildman–Crippen LogP) is 4.10. The lowest BCUT2D eigenvalue weighted by Crippen LogP contribution is -2.29. The molecule has 5 rings (SSSR count). The number of amides is 1. The summed E-state index contributed by atoms with van der Waals surface area (Å²) in [6.07, 6.45) is 4.85. The minimum absolute atomic E-state index is 0.0138. The van der Waals surface area contributed by atoms with Gasteiger partial charge in [-0.05, 0) is 43.9 Å². The van der Waals surface area contributed by atoms with Gasteiger partial charge < -0.3 is 15.7 Å². The molecule has 0 aliphatic heterocycles. The number of aryl methyl sites for hydroxylation is 3. The molecular weight excluding hydrogens is 422 g/mol. The highest BCUT2D eigenvalue weighted by Crippen LogP contribution is 2.41. The molecule has 1 amide bonds. The molecular formula is C24H23N5O2S. The summed E-state index contributed by atoms with van der Waals surface area (Å²) >= 11 is 1.76. The standard InChI is InChI=1S/C24H23N5O2S/c1-14-7-9-15(10-8-14)20-19-16-4-2-6-18(16)32-23(19)29-24(28-20)27-13-12-26-22(31)21-17(30)5-3-11-25-21/h3,5,7-11,30H,2,4,6,12-13H2,1H3,(H,26,31)(H,27,28,29). The number of anilines is 1. The fourth-order valence-corrected chi connectivity index (χ4v) is 5.26. The van der Waals surface area contributed by atoms with Crippen LogP contribution in [0.2, 0.25) is 0 Å². The monoisotopic (exact) mass is 445 g/mol. The maximum Gasteiger partial charge on any atom is 0.273 e. The third-order valence-corrected chi connectivity index (χ3v) is 6.77. The van der Waals surface area contributed by atoms with E-state index in [9.17, 15) is 9.90 Å². The van der Waals surface area contributed by atoms with Gasteiger partial charge in [-0.2, -0.15) is 0 Å². The first-order valence-corrected chi connectivity index (χ1v) is 11.5. The van der Waals surface area contributed by atoms with Crippen LogP contribution in [0.5, 0.6) is 5.75 Å². The molecule has 0 unspecified atom stereocenters. The van der Waals surface area contributed by atoms with Crippen LogP contribution in [0.1, 0.15) is 32.9 Å². The Balaban J connectivity index is 1.36. The molecule has 0 radical (unpaired) electrons. The zero-order valence-electron chi connectivity index (χ0n) is 17.7. The van der Waals surface area contributed by atoms with E-state index < -0.39 is 5.91 Å². The zero-order valence-corrected chi connectivity index (χ0v) is 18.5. The second-order valence-electron chi connectivity index (χ2n) is 7.85. The van der Waals surface area contributed by atoms with E-state index in [1.54, 1.807) is 17.4 Å². The number of aromatic hydroxyl groups is 1. The molecule has 4 aromatic rings. The topological polar surface area (TPSA) is 100 Å². The lowest BCUT2D eigenvalue weighted by molar-refractivity contribution is 0.0947. The van der Waals surface area contributed by atoms with Crippen LogP contribution in [-0.2, 0) is 12.8 Å². The van der Waals surface area contributed by atoms with E-state index in [1.807, 2.05) is 0 Å². The van der Waals surface area contributed by atoms with E-state index in [-0.39, 0.29) is 11.4 Å². The summed E-state index contributed by atoms with van der Waals surface area (Å²) in [5.74, 6) is -0.0144. The van der Waals surface area contributed by atoms with Crippen LogP contribution >= 0.6 is 11.3 Å². The number of benzene rings is 1. The molecule has 3 N–H and O–H groups in total. The fraction of sp³-hybridized carbons (Fsp3) is 0.250. The summed E-state index contributed by atoms with van der Waals surface area (Å²) in [5, 5.41) is 16.9. The lowest BCUT2D eigenvalue weighted by atomic mass is 10.0. The molecule has 0 saturated heterocycles. The Morgan fingerprint density at radius 2 is 1.97 bits per heavy atom. The van der Waals surface area contributed by atoms with Gasteiger partial charge in [0.15, 0.2) is 5.69 Å². The normalized spacial score (nSPS) is 12.7. The van der Waals surface area contributed by atoms with Crippen LogP contribution in [-0.4, -0.2) is 39.1 Å². The Hall–Kier alpha value is -3.52. The molecule has 162 valence electrons. The number of nitrogens with one attached hydrogen (secondary N) is 2. The van der Waals surface area contributed by atoms with Gasteiger partial charge in [-0.1, -0.05) is 29.8 Å². The third kappa shape index (κ3) is 3.89. The fourth-order valence-electron chi connectivity index (χ4n) is 4.00. The van der Waals surface area contributed by atoms with Crippen LogP contribution in [0.4, 0.5) is 5.95 Å². The number of rotatable bonds is 6. The van der Waals surface area contributed by atoms with Crippen LogP contribution < -0.4 is 10.6 Å². The number of hydrogen-bond donors (Lipinski definition) is 3. The van der Waals surface area contributed by atoms with Gasteiger partial charge in [-0.25, -0.2) is 15.0 Å². The smallest absolute Gasteiger partial charge is 0.273 e. The average molecular weight is 446 g/mol. The van der Waals surface area contributed by atoms with Crippen molar-refractivity contribution in [3.8, 4) is 17.0 Å². The van der Waals surface area contributed by atoms with Crippen molar-refractivity contribution in [1.29, 1.82) is 0 Å². The van der Waals surface area contributed by atoms with Crippen LogP contribution in [0, 0.1) is 6.92 Å². The second kappa shape index (κ2) is 8.55. The minimum atomic E-state index is -0.420. The number of hydrogen-bond acceptors (Lipinski definition) is 7. The number of pyridine rings is 1. The van der Waals surface area contributed by atoms with E-state index in [0.717, 1.165) is 28.9 Å². The SMILES string of the molecule is Cc1ccc(-c2nc(NCCNC(=O)c3ncccc3O)nc3sc4c(c23)CCC4)cc1. The molecule has 8 heteroatoms. The van der Waals surface area contributed by atoms with E-state index in [4.69, 9.17) is 9.97 Å². The Labute approximate surface area is 189 Å². The van der Waals surface area contributed by atoms with E-state index in [0.29, 0.717) is 19.0 Å². The van der Waals surface area contributed by atoms with Crippen molar-refractivity contribution >= 4 is 33.4 Å². The number of aromatic nitrogens is 3. The first kappa shape index (κ1) is 20.4. The summed E-state index contributed by atoms with van der Waals surface area (Å²) in [5.41, 5.74) is 4.66. The highest BCUT2D eigenvalue weighted by Gasteiger charge is 2.23. The summed E-state index contributed by atoms with van der Waals surface area (Å²) in [4.78, 5) is 28.2. The van der Waals surface area contributed by atoms with Gasteiger partial charge in [0.25, 0.3) is 5.91 Å². The van der Waals surface area contributed by atoms with Crippen molar-refractivity contribution < 1.29 is 9.90 Å².